The van der Waals surface area contributed by atoms with Crippen molar-refractivity contribution >= 4 is 39.3 Å². The number of pyridine rings is 1. The normalized spacial score (nSPS) is 12.1. The van der Waals surface area contributed by atoms with Gasteiger partial charge in [0.2, 0.25) is 0 Å². The number of alkyl halides is 3. The quantitative estimate of drug-likeness (QED) is 0.265. The summed E-state index contributed by atoms with van der Waals surface area (Å²) in [4.78, 5) is 13.3. The summed E-state index contributed by atoms with van der Waals surface area (Å²) >= 11 is 1.43. The number of anilines is 1. The first-order chi connectivity index (χ1) is 16.2. The smallest absolute Gasteiger partial charge is 0.406 e. The zero-order valence-electron chi connectivity index (χ0n) is 18.3. The summed E-state index contributed by atoms with van der Waals surface area (Å²) in [5, 5.41) is 3.90. The third-order valence-corrected chi connectivity index (χ3v) is 5.46. The highest BCUT2D eigenvalue weighted by Gasteiger charge is 2.31. The molecule has 2 heterocycles. The number of benzene rings is 2. The predicted octanol–water partition coefficient (Wildman–Crippen LogP) is 6.34. The van der Waals surface area contributed by atoms with Crippen molar-refractivity contribution in [1.82, 2.24) is 14.5 Å². The number of aliphatic imine (C=N–C) groups is 1. The predicted molar refractivity (Wildman–Crippen MR) is 131 cm³/mol. The van der Waals surface area contributed by atoms with Gasteiger partial charge in [0.15, 0.2) is 5.17 Å². The molecule has 0 saturated carbocycles. The molecule has 4 aromatic rings. The number of nitrogens with zero attached hydrogens (tertiary/aromatic N) is 4. The Morgan fingerprint density at radius 2 is 1.97 bits per heavy atom. The van der Waals surface area contributed by atoms with E-state index in [1.807, 2.05) is 48.2 Å². The second-order valence-electron chi connectivity index (χ2n) is 7.21. The van der Waals surface area contributed by atoms with Crippen LogP contribution in [0.5, 0.6) is 5.75 Å². The van der Waals surface area contributed by atoms with Gasteiger partial charge in [-0.05, 0) is 48.7 Å². The molecule has 2 aromatic carbocycles. The summed E-state index contributed by atoms with van der Waals surface area (Å²) in [6, 6.07) is 15.1. The summed E-state index contributed by atoms with van der Waals surface area (Å²) in [6.07, 6.45) is 0.518. The minimum Gasteiger partial charge on any atom is -0.406 e. The minimum absolute atomic E-state index is 0.297. The van der Waals surface area contributed by atoms with Crippen molar-refractivity contribution in [3.05, 3.63) is 79.1 Å². The van der Waals surface area contributed by atoms with Gasteiger partial charge in [0, 0.05) is 36.3 Å². The number of hydrogen-bond acceptors (Lipinski definition) is 5. The summed E-state index contributed by atoms with van der Waals surface area (Å²) in [7, 11) is 1.81. The van der Waals surface area contributed by atoms with Gasteiger partial charge in [0.1, 0.15) is 11.6 Å². The van der Waals surface area contributed by atoms with E-state index in [9.17, 15) is 13.2 Å². The number of fused-ring (bicyclic) bond motifs is 1. The van der Waals surface area contributed by atoms with E-state index in [4.69, 9.17) is 0 Å². The van der Waals surface area contributed by atoms with E-state index < -0.39 is 6.36 Å². The average Bonchev–Trinajstić information content (AvgIpc) is 3.14. The maximum atomic E-state index is 12.6. The number of aromatic nitrogens is 3. The van der Waals surface area contributed by atoms with E-state index in [0.29, 0.717) is 27.8 Å². The molecule has 174 valence electrons. The Hall–Kier alpha value is -3.79. The lowest BCUT2D eigenvalue weighted by molar-refractivity contribution is -0.274. The van der Waals surface area contributed by atoms with E-state index in [1.165, 1.54) is 30.0 Å². The van der Waals surface area contributed by atoms with E-state index in [0.717, 1.165) is 16.8 Å². The number of halogens is 3. The Balaban J connectivity index is 1.61. The fourth-order valence-corrected chi connectivity index (χ4v) is 3.76. The number of nitrogens with one attached hydrogen (secondary N) is 1. The molecule has 1 N–H and O–H groups in total. The van der Waals surface area contributed by atoms with Crippen LogP contribution in [0.25, 0.3) is 28.1 Å². The molecule has 0 atom stereocenters. The van der Waals surface area contributed by atoms with Crippen LogP contribution in [-0.4, -0.2) is 32.3 Å². The molecule has 0 amide bonds. The van der Waals surface area contributed by atoms with Crippen molar-refractivity contribution in [3.63, 3.8) is 0 Å². The number of hydrogen-bond donors (Lipinski definition) is 1. The first-order valence-corrected chi connectivity index (χ1v) is 11.3. The first-order valence-electron chi connectivity index (χ1n) is 10.0. The second-order valence-corrected chi connectivity index (χ2v) is 8.00. The highest BCUT2D eigenvalue weighted by Crippen LogP contribution is 2.30. The zero-order valence-corrected chi connectivity index (χ0v) is 19.1. The van der Waals surface area contributed by atoms with Crippen LogP contribution in [0.1, 0.15) is 5.56 Å². The van der Waals surface area contributed by atoms with Crippen molar-refractivity contribution in [2.24, 2.45) is 12.0 Å². The van der Waals surface area contributed by atoms with Gasteiger partial charge in [-0.3, -0.25) is 4.98 Å². The molecule has 0 aliphatic carbocycles. The SMILES string of the molecule is C=C(/N=C(/Nc1ccc2c(c1)nc(-c1cccc(OC(F)(F)F)c1)n2C)SC)c1cccnc1. The zero-order chi connectivity index (χ0) is 24.3. The van der Waals surface area contributed by atoms with Gasteiger partial charge in [-0.2, -0.15) is 0 Å². The molecule has 0 bridgehead atoms. The number of aryl methyl sites for hydroxylation is 1. The van der Waals surface area contributed by atoms with Crippen LogP contribution in [0.4, 0.5) is 18.9 Å². The van der Waals surface area contributed by atoms with Crippen LogP contribution in [-0.2, 0) is 7.05 Å². The lowest BCUT2D eigenvalue weighted by atomic mass is 10.2. The minimum atomic E-state index is -4.76. The molecule has 0 aliphatic heterocycles. The highest BCUT2D eigenvalue weighted by molar-refractivity contribution is 8.13. The molecule has 0 unspecified atom stereocenters. The number of imidazole rings is 1. The monoisotopic (exact) mass is 483 g/mol. The summed E-state index contributed by atoms with van der Waals surface area (Å²) in [5.74, 6) is 0.220. The van der Waals surface area contributed by atoms with Crippen LogP contribution < -0.4 is 10.1 Å². The molecule has 0 spiro atoms. The van der Waals surface area contributed by atoms with E-state index in [2.05, 4.69) is 31.6 Å². The number of ether oxygens (including phenoxy) is 1. The van der Waals surface area contributed by atoms with Crippen molar-refractivity contribution in [2.75, 3.05) is 11.6 Å². The summed E-state index contributed by atoms with van der Waals surface area (Å²) in [6.45, 7) is 4.00. The number of rotatable bonds is 5. The molecule has 34 heavy (non-hydrogen) atoms. The topological polar surface area (TPSA) is 64.3 Å². The van der Waals surface area contributed by atoms with Gasteiger partial charge in [-0.1, -0.05) is 30.5 Å². The third kappa shape index (κ3) is 5.40. The fraction of sp³-hybridized carbons (Fsp3) is 0.125. The molecule has 0 radical (unpaired) electrons. The largest absolute Gasteiger partial charge is 0.573 e. The van der Waals surface area contributed by atoms with Crippen LogP contribution in [0.15, 0.2) is 78.6 Å². The number of amidine groups is 1. The molecular formula is C24H20F3N5OS. The lowest BCUT2D eigenvalue weighted by Gasteiger charge is -2.10. The fourth-order valence-electron chi connectivity index (χ4n) is 3.34. The molecule has 4 rings (SSSR count). The van der Waals surface area contributed by atoms with E-state index in [-0.39, 0.29) is 5.75 Å². The Morgan fingerprint density at radius 3 is 2.68 bits per heavy atom. The average molecular weight is 484 g/mol. The van der Waals surface area contributed by atoms with Crippen LogP contribution in [0, 0.1) is 0 Å². The highest BCUT2D eigenvalue weighted by atomic mass is 32.2. The molecule has 6 nitrogen and oxygen atoms in total. The van der Waals surface area contributed by atoms with Gasteiger partial charge in [-0.25, -0.2) is 9.98 Å². The maximum Gasteiger partial charge on any atom is 0.573 e. The molecule has 0 fully saturated rings. The Bertz CT molecular complexity index is 1370. The van der Waals surface area contributed by atoms with Gasteiger partial charge >= 0.3 is 6.36 Å². The molecule has 10 heteroatoms. The molecule has 2 aromatic heterocycles. The third-order valence-electron chi connectivity index (χ3n) is 4.88. The maximum absolute atomic E-state index is 12.6. The van der Waals surface area contributed by atoms with Crippen molar-refractivity contribution in [1.29, 1.82) is 0 Å². The Labute approximate surface area is 198 Å². The van der Waals surface area contributed by atoms with Gasteiger partial charge in [-0.15, -0.1) is 13.2 Å². The van der Waals surface area contributed by atoms with Crippen LogP contribution in [0.2, 0.25) is 0 Å². The first kappa shape index (κ1) is 23.4. The Kier molecular flexibility index (Phi) is 6.60. The Morgan fingerprint density at radius 1 is 1.15 bits per heavy atom. The summed E-state index contributed by atoms with van der Waals surface area (Å²) in [5.41, 5.74) is 4.17. The van der Waals surface area contributed by atoms with Gasteiger partial charge < -0.3 is 14.6 Å². The van der Waals surface area contributed by atoms with Crippen molar-refractivity contribution < 1.29 is 17.9 Å². The van der Waals surface area contributed by atoms with Crippen LogP contribution in [0.3, 0.4) is 0 Å². The van der Waals surface area contributed by atoms with Gasteiger partial charge in [0.05, 0.1) is 16.7 Å². The molecule has 0 saturated heterocycles. The lowest BCUT2D eigenvalue weighted by Crippen LogP contribution is -2.17. The van der Waals surface area contributed by atoms with E-state index >= 15 is 0 Å². The van der Waals surface area contributed by atoms with Gasteiger partial charge in [0.25, 0.3) is 0 Å². The second kappa shape index (κ2) is 9.60. The number of thioether (sulfide) groups is 1. The van der Waals surface area contributed by atoms with E-state index in [1.54, 1.807) is 18.5 Å². The molecular weight excluding hydrogens is 463 g/mol. The van der Waals surface area contributed by atoms with Crippen LogP contribution >= 0.6 is 11.8 Å². The summed E-state index contributed by atoms with van der Waals surface area (Å²) < 4.78 is 43.7. The molecule has 0 aliphatic rings. The standard InChI is InChI=1S/C24H20F3N5OS/c1-15(17-7-5-11-28-14-17)29-23(34-3)30-18-9-10-21-20(13-18)31-22(32(21)2)16-6-4-8-19(12-16)33-24(25,26)27/h4-14H,1H2,2-3H3,(H,29,30). The van der Waals surface area contributed by atoms with Crippen molar-refractivity contribution in [3.8, 4) is 17.1 Å². The van der Waals surface area contributed by atoms with Crippen molar-refractivity contribution in [2.45, 2.75) is 6.36 Å².